The second kappa shape index (κ2) is 6.41. The summed E-state index contributed by atoms with van der Waals surface area (Å²) >= 11 is 0. The zero-order valence-electron chi connectivity index (χ0n) is 15.1. The van der Waals surface area contributed by atoms with Crippen molar-refractivity contribution in [2.75, 3.05) is 14.2 Å². The molecule has 2 aromatic rings. The van der Waals surface area contributed by atoms with E-state index < -0.39 is 67.8 Å². The van der Waals surface area contributed by atoms with Crippen molar-refractivity contribution in [2.24, 2.45) is 0 Å². The predicted molar refractivity (Wildman–Crippen MR) is 91.5 cm³/mol. The molecule has 0 aliphatic heterocycles. The minimum Gasteiger partial charge on any atom is -0.489 e. The summed E-state index contributed by atoms with van der Waals surface area (Å²) in [6.45, 7) is 2.59. The molecule has 3 rings (SSSR count). The molecule has 0 spiro atoms. The van der Waals surface area contributed by atoms with Crippen LogP contribution in [0.3, 0.4) is 0 Å². The second-order valence-electron chi connectivity index (χ2n) is 5.81. The number of methoxy groups -OCH3 is 2. The van der Waals surface area contributed by atoms with Crippen molar-refractivity contribution in [3.8, 4) is 11.5 Å². The smallest absolute Gasteiger partial charge is 0.270 e. The molecule has 0 saturated heterocycles. The normalized spacial score (nSPS) is 14.9. The number of hydrogen-bond donors (Lipinski definition) is 0. The summed E-state index contributed by atoms with van der Waals surface area (Å²) in [6, 6.07) is 0. The van der Waals surface area contributed by atoms with Crippen molar-refractivity contribution in [1.82, 2.24) is 0 Å². The minimum absolute atomic E-state index is 0.0529. The highest BCUT2D eigenvalue weighted by Gasteiger charge is 2.42. The van der Waals surface area contributed by atoms with Gasteiger partial charge in [0, 0.05) is 11.1 Å². The largest absolute Gasteiger partial charge is 0.489 e. The Bertz CT molecular complexity index is 1160. The van der Waals surface area contributed by atoms with Crippen molar-refractivity contribution in [3.63, 3.8) is 0 Å². The number of carbonyl (C=O) groups is 2. The van der Waals surface area contributed by atoms with Crippen molar-refractivity contribution in [1.29, 1.82) is 0 Å². The molecule has 0 bridgehead atoms. The van der Waals surface area contributed by atoms with Gasteiger partial charge in [0.05, 0.1) is 14.2 Å². The zero-order valence-corrected chi connectivity index (χ0v) is 15.1. The van der Waals surface area contributed by atoms with Gasteiger partial charge in [0.2, 0.25) is 33.9 Å². The molecule has 28 heavy (non-hydrogen) atoms. The lowest BCUT2D eigenvalue weighted by Gasteiger charge is -2.22. The third-order valence-corrected chi connectivity index (χ3v) is 4.24. The Morgan fingerprint density at radius 3 is 1.07 bits per heavy atom. The maximum Gasteiger partial charge on any atom is 0.270 e. The van der Waals surface area contributed by atoms with Crippen LogP contribution in [0, 0.1) is 13.8 Å². The maximum atomic E-state index is 12.7. The summed E-state index contributed by atoms with van der Waals surface area (Å²) in [5.41, 5.74) is -3.69. The Kier molecular flexibility index (Phi) is 4.34. The molecule has 10 nitrogen and oxygen atoms in total. The monoisotopic (exact) mass is 388 g/mol. The van der Waals surface area contributed by atoms with Crippen molar-refractivity contribution in [2.45, 2.75) is 13.8 Å². The summed E-state index contributed by atoms with van der Waals surface area (Å²) in [7, 11) is 2.21. The molecule has 0 fully saturated rings. The van der Waals surface area contributed by atoms with Crippen molar-refractivity contribution >= 4 is 11.6 Å². The van der Waals surface area contributed by atoms with E-state index >= 15 is 0 Å². The van der Waals surface area contributed by atoms with E-state index in [1.807, 2.05) is 0 Å². The molecule has 0 radical (unpaired) electrons. The van der Waals surface area contributed by atoms with E-state index in [1.54, 1.807) is 0 Å². The second-order valence-corrected chi connectivity index (χ2v) is 5.81. The average molecular weight is 388 g/mol. The standard InChI is InChI=1S/C18H12O10/c1-5-7(19)9(21)13(5)27-17-11(23)15(25-3)16(26-4)12(24)18(17)28-14-6(2)8(20)10(14)22/h1-4H3. The SMILES string of the molecule is COC1=C(OC)C(=O)C(Oc2c(C)c(=O)c2=O)=C(Oc2c(C)c(=O)c2=O)C1=O. The average Bonchev–Trinajstić information content (AvgIpc) is 2.70. The molecule has 2 aromatic carbocycles. The summed E-state index contributed by atoms with van der Waals surface area (Å²) in [6.07, 6.45) is 0. The van der Waals surface area contributed by atoms with Gasteiger partial charge in [-0.15, -0.1) is 0 Å². The highest BCUT2D eigenvalue weighted by atomic mass is 16.5. The molecule has 10 heteroatoms. The molecule has 0 unspecified atom stereocenters. The molecule has 0 saturated carbocycles. The van der Waals surface area contributed by atoms with Gasteiger partial charge in [0.15, 0.2) is 11.5 Å². The molecule has 0 N–H and O–H groups in total. The van der Waals surface area contributed by atoms with E-state index in [0.29, 0.717) is 0 Å². The Morgan fingerprint density at radius 1 is 0.500 bits per heavy atom. The first kappa shape index (κ1) is 19.0. The van der Waals surface area contributed by atoms with Gasteiger partial charge in [0.25, 0.3) is 22.4 Å². The van der Waals surface area contributed by atoms with Crippen LogP contribution in [0.1, 0.15) is 11.1 Å². The topological polar surface area (TPSA) is 139 Å². The van der Waals surface area contributed by atoms with Gasteiger partial charge >= 0.3 is 0 Å². The van der Waals surface area contributed by atoms with Gasteiger partial charge in [0.1, 0.15) is 0 Å². The molecule has 0 atom stereocenters. The van der Waals surface area contributed by atoms with E-state index in [4.69, 9.17) is 18.9 Å². The lowest BCUT2D eigenvalue weighted by atomic mass is 10.0. The fourth-order valence-electron chi connectivity index (χ4n) is 2.59. The summed E-state index contributed by atoms with van der Waals surface area (Å²) < 4.78 is 20.2. The van der Waals surface area contributed by atoms with E-state index in [2.05, 4.69) is 0 Å². The quantitative estimate of drug-likeness (QED) is 0.439. The number of hydrogen-bond acceptors (Lipinski definition) is 10. The number of ketones is 2. The molecule has 144 valence electrons. The number of carbonyl (C=O) groups excluding carboxylic acids is 2. The Hall–Kier alpha value is -3.82. The van der Waals surface area contributed by atoms with Gasteiger partial charge in [-0.05, 0) is 13.8 Å². The predicted octanol–water partition coefficient (Wildman–Crippen LogP) is -1.18. The summed E-state index contributed by atoms with van der Waals surface area (Å²) in [5.74, 6) is -5.51. The first-order chi connectivity index (χ1) is 13.1. The van der Waals surface area contributed by atoms with Crippen molar-refractivity contribution < 1.29 is 28.5 Å². The Labute approximate surface area is 155 Å². The van der Waals surface area contributed by atoms with Gasteiger partial charge in [-0.25, -0.2) is 0 Å². The highest BCUT2D eigenvalue weighted by molar-refractivity contribution is 6.22. The van der Waals surface area contributed by atoms with Crippen LogP contribution in [-0.4, -0.2) is 25.8 Å². The van der Waals surface area contributed by atoms with Gasteiger partial charge < -0.3 is 18.9 Å². The highest BCUT2D eigenvalue weighted by Crippen LogP contribution is 2.30. The zero-order chi connectivity index (χ0) is 20.9. The Morgan fingerprint density at radius 2 is 0.821 bits per heavy atom. The van der Waals surface area contributed by atoms with Crippen LogP contribution in [0.4, 0.5) is 0 Å². The van der Waals surface area contributed by atoms with E-state index in [0.717, 1.165) is 14.2 Å². The van der Waals surface area contributed by atoms with Crippen LogP contribution in [-0.2, 0) is 19.1 Å². The molecular weight excluding hydrogens is 376 g/mol. The molecule has 0 amide bonds. The van der Waals surface area contributed by atoms with Crippen LogP contribution < -0.4 is 31.2 Å². The first-order valence-electron chi connectivity index (χ1n) is 7.77. The third-order valence-electron chi connectivity index (χ3n) is 4.24. The van der Waals surface area contributed by atoms with Crippen molar-refractivity contribution in [3.05, 3.63) is 75.1 Å². The lowest BCUT2D eigenvalue weighted by molar-refractivity contribution is -0.124. The van der Waals surface area contributed by atoms with Gasteiger partial charge in [-0.3, -0.25) is 28.8 Å². The minimum atomic E-state index is -1.02. The molecular formula is C18H12O10. The van der Waals surface area contributed by atoms with Crippen LogP contribution >= 0.6 is 0 Å². The maximum absolute atomic E-state index is 12.7. The van der Waals surface area contributed by atoms with Crippen LogP contribution in [0.25, 0.3) is 0 Å². The Balaban J connectivity index is 2.17. The van der Waals surface area contributed by atoms with Crippen LogP contribution in [0.15, 0.2) is 42.2 Å². The van der Waals surface area contributed by atoms with E-state index in [-0.39, 0.29) is 11.1 Å². The number of Topliss-reactive ketones (excluding diaryl/α,β-unsaturated/α-hetero) is 2. The van der Waals surface area contributed by atoms with E-state index in [9.17, 15) is 28.8 Å². The molecule has 0 aromatic heterocycles. The van der Waals surface area contributed by atoms with Crippen LogP contribution in [0.2, 0.25) is 0 Å². The molecule has 0 heterocycles. The lowest BCUT2D eigenvalue weighted by Crippen LogP contribution is -2.39. The van der Waals surface area contributed by atoms with Crippen LogP contribution in [0.5, 0.6) is 11.5 Å². The molecule has 1 aliphatic carbocycles. The summed E-state index contributed by atoms with van der Waals surface area (Å²) in [5, 5.41) is 0. The van der Waals surface area contributed by atoms with Gasteiger partial charge in [-0.2, -0.15) is 0 Å². The fourth-order valence-corrected chi connectivity index (χ4v) is 2.59. The summed E-state index contributed by atoms with van der Waals surface area (Å²) in [4.78, 5) is 71.5. The molecule has 1 aliphatic rings. The first-order valence-corrected chi connectivity index (χ1v) is 7.77. The number of rotatable bonds is 6. The van der Waals surface area contributed by atoms with E-state index in [1.165, 1.54) is 13.8 Å². The number of ether oxygens (including phenoxy) is 4. The third kappa shape index (κ3) is 2.42. The van der Waals surface area contributed by atoms with Gasteiger partial charge in [-0.1, -0.05) is 0 Å². The fraction of sp³-hybridized carbons (Fsp3) is 0.222.